The minimum Gasteiger partial charge on any atom is -0.496 e. The summed E-state index contributed by atoms with van der Waals surface area (Å²) in [6, 6.07) is 14.5. The summed E-state index contributed by atoms with van der Waals surface area (Å²) in [5.74, 6) is 1.59. The van der Waals surface area contributed by atoms with Gasteiger partial charge in [0.25, 0.3) is 0 Å². The number of ether oxygens (including phenoxy) is 1. The van der Waals surface area contributed by atoms with Crippen LogP contribution in [0.4, 0.5) is 5.69 Å². The molecule has 0 spiro atoms. The Hall–Kier alpha value is -1.19. The van der Waals surface area contributed by atoms with Gasteiger partial charge < -0.3 is 10.1 Å². The summed E-state index contributed by atoms with van der Waals surface area (Å²) in [6.07, 6.45) is 2.02. The molecule has 0 amide bonds. The standard InChI is InChI=1S/C17H19BrClNO/c1-21-17-8-7-15(18)11-14(17)12-20-16-6-2-4-13(10-16)5-3-9-19/h2,4,6-8,10-11,20H,3,5,9,12H2,1H3. The van der Waals surface area contributed by atoms with Crippen molar-refractivity contribution in [1.29, 1.82) is 0 Å². The SMILES string of the molecule is COc1ccc(Br)cc1CNc1cccc(CCCCl)c1. The number of aryl methyl sites for hydroxylation is 1. The van der Waals surface area contributed by atoms with Gasteiger partial charge in [-0.15, -0.1) is 11.6 Å². The van der Waals surface area contributed by atoms with Crippen molar-refractivity contribution in [2.45, 2.75) is 19.4 Å². The number of alkyl halides is 1. The highest BCUT2D eigenvalue weighted by atomic mass is 79.9. The summed E-state index contributed by atoms with van der Waals surface area (Å²) in [5.41, 5.74) is 3.55. The molecule has 0 bridgehead atoms. The predicted molar refractivity (Wildman–Crippen MR) is 93.5 cm³/mol. The normalized spacial score (nSPS) is 10.4. The van der Waals surface area contributed by atoms with Crippen LogP contribution < -0.4 is 10.1 Å². The zero-order chi connectivity index (χ0) is 15.1. The molecule has 0 fully saturated rings. The van der Waals surface area contributed by atoms with Crippen LogP contribution in [0.2, 0.25) is 0 Å². The minimum atomic E-state index is 0.701. The number of hydrogen-bond donors (Lipinski definition) is 1. The van der Waals surface area contributed by atoms with Gasteiger partial charge >= 0.3 is 0 Å². The molecule has 4 heteroatoms. The highest BCUT2D eigenvalue weighted by Crippen LogP contribution is 2.24. The number of anilines is 1. The third kappa shape index (κ3) is 4.94. The highest BCUT2D eigenvalue weighted by Gasteiger charge is 2.04. The lowest BCUT2D eigenvalue weighted by Crippen LogP contribution is -2.02. The molecular formula is C17H19BrClNO. The number of hydrogen-bond acceptors (Lipinski definition) is 2. The second kappa shape index (κ2) is 8.30. The largest absolute Gasteiger partial charge is 0.496 e. The molecule has 0 radical (unpaired) electrons. The van der Waals surface area contributed by atoms with E-state index in [0.717, 1.165) is 40.9 Å². The van der Waals surface area contributed by atoms with E-state index in [9.17, 15) is 0 Å². The van der Waals surface area contributed by atoms with Crippen LogP contribution in [0.3, 0.4) is 0 Å². The quantitative estimate of drug-likeness (QED) is 0.675. The summed E-state index contributed by atoms with van der Waals surface area (Å²) >= 11 is 9.24. The summed E-state index contributed by atoms with van der Waals surface area (Å²) in [5, 5.41) is 3.45. The average molecular weight is 369 g/mol. The fourth-order valence-corrected chi connectivity index (χ4v) is 2.73. The fourth-order valence-electron chi connectivity index (χ4n) is 2.19. The molecule has 0 saturated heterocycles. The monoisotopic (exact) mass is 367 g/mol. The Kier molecular flexibility index (Phi) is 6.40. The molecule has 0 aliphatic rings. The van der Waals surface area contributed by atoms with E-state index in [2.05, 4.69) is 51.6 Å². The molecular weight excluding hydrogens is 350 g/mol. The number of methoxy groups -OCH3 is 1. The summed E-state index contributed by atoms with van der Waals surface area (Å²) in [7, 11) is 1.69. The minimum absolute atomic E-state index is 0.701. The van der Waals surface area contributed by atoms with E-state index in [1.807, 2.05) is 12.1 Å². The molecule has 0 aliphatic heterocycles. The first-order valence-electron chi connectivity index (χ1n) is 6.94. The molecule has 2 aromatic carbocycles. The Morgan fingerprint density at radius 3 is 2.81 bits per heavy atom. The van der Waals surface area contributed by atoms with Crippen LogP contribution in [-0.2, 0) is 13.0 Å². The zero-order valence-electron chi connectivity index (χ0n) is 12.0. The van der Waals surface area contributed by atoms with Crippen LogP contribution >= 0.6 is 27.5 Å². The molecule has 0 aromatic heterocycles. The van der Waals surface area contributed by atoms with Crippen molar-refractivity contribution in [3.63, 3.8) is 0 Å². The van der Waals surface area contributed by atoms with Crippen LogP contribution in [0.1, 0.15) is 17.5 Å². The summed E-state index contributed by atoms with van der Waals surface area (Å²) in [6.45, 7) is 0.724. The van der Waals surface area contributed by atoms with E-state index in [1.165, 1.54) is 5.56 Å². The molecule has 0 saturated carbocycles. The van der Waals surface area contributed by atoms with Crippen molar-refractivity contribution in [1.82, 2.24) is 0 Å². The van der Waals surface area contributed by atoms with Crippen molar-refractivity contribution >= 4 is 33.2 Å². The van der Waals surface area contributed by atoms with Crippen LogP contribution in [0.5, 0.6) is 5.75 Å². The van der Waals surface area contributed by atoms with E-state index in [0.29, 0.717) is 5.88 Å². The van der Waals surface area contributed by atoms with Crippen LogP contribution in [0, 0.1) is 0 Å². The van der Waals surface area contributed by atoms with Gasteiger partial charge in [0, 0.05) is 28.1 Å². The van der Waals surface area contributed by atoms with Gasteiger partial charge in [0.15, 0.2) is 0 Å². The topological polar surface area (TPSA) is 21.3 Å². The van der Waals surface area contributed by atoms with Gasteiger partial charge in [0.05, 0.1) is 7.11 Å². The van der Waals surface area contributed by atoms with Crippen molar-refractivity contribution in [3.8, 4) is 5.75 Å². The van der Waals surface area contributed by atoms with Crippen molar-refractivity contribution in [2.75, 3.05) is 18.3 Å². The first-order valence-corrected chi connectivity index (χ1v) is 8.27. The van der Waals surface area contributed by atoms with Gasteiger partial charge in [-0.2, -0.15) is 0 Å². The first kappa shape index (κ1) is 16.2. The molecule has 2 nitrogen and oxygen atoms in total. The van der Waals surface area contributed by atoms with E-state index in [-0.39, 0.29) is 0 Å². The molecule has 1 N–H and O–H groups in total. The van der Waals surface area contributed by atoms with Crippen molar-refractivity contribution in [2.24, 2.45) is 0 Å². The van der Waals surface area contributed by atoms with E-state index >= 15 is 0 Å². The average Bonchev–Trinajstić information content (AvgIpc) is 2.51. The maximum absolute atomic E-state index is 5.75. The van der Waals surface area contributed by atoms with Gasteiger partial charge in [-0.05, 0) is 48.7 Å². The van der Waals surface area contributed by atoms with Crippen LogP contribution in [0.15, 0.2) is 46.9 Å². The number of halogens is 2. The van der Waals surface area contributed by atoms with E-state index in [4.69, 9.17) is 16.3 Å². The maximum atomic E-state index is 5.75. The second-order valence-corrected chi connectivity index (χ2v) is 6.10. The Balaban J connectivity index is 2.04. The van der Waals surface area contributed by atoms with E-state index < -0.39 is 0 Å². The zero-order valence-corrected chi connectivity index (χ0v) is 14.4. The molecule has 0 heterocycles. The van der Waals surface area contributed by atoms with Crippen LogP contribution in [-0.4, -0.2) is 13.0 Å². The molecule has 0 atom stereocenters. The first-order chi connectivity index (χ1) is 10.2. The van der Waals surface area contributed by atoms with Gasteiger partial charge in [0.1, 0.15) is 5.75 Å². The maximum Gasteiger partial charge on any atom is 0.123 e. The molecule has 21 heavy (non-hydrogen) atoms. The van der Waals surface area contributed by atoms with Gasteiger partial charge in [0.2, 0.25) is 0 Å². The Bertz CT molecular complexity index is 589. The Labute approximate surface area is 139 Å². The highest BCUT2D eigenvalue weighted by molar-refractivity contribution is 9.10. The fraction of sp³-hybridized carbons (Fsp3) is 0.294. The lowest BCUT2D eigenvalue weighted by atomic mass is 10.1. The van der Waals surface area contributed by atoms with Crippen molar-refractivity contribution < 1.29 is 4.74 Å². The van der Waals surface area contributed by atoms with Gasteiger partial charge in [-0.1, -0.05) is 28.1 Å². The molecule has 0 aliphatic carbocycles. The molecule has 0 unspecified atom stereocenters. The lowest BCUT2D eigenvalue weighted by Gasteiger charge is -2.12. The summed E-state index contributed by atoms with van der Waals surface area (Å²) < 4.78 is 6.44. The Morgan fingerprint density at radius 2 is 2.05 bits per heavy atom. The molecule has 2 rings (SSSR count). The lowest BCUT2D eigenvalue weighted by molar-refractivity contribution is 0.410. The predicted octanol–water partition coefficient (Wildman–Crippen LogP) is 5.24. The number of benzene rings is 2. The van der Waals surface area contributed by atoms with Crippen LogP contribution in [0.25, 0.3) is 0 Å². The van der Waals surface area contributed by atoms with Gasteiger partial charge in [-0.3, -0.25) is 0 Å². The second-order valence-electron chi connectivity index (χ2n) is 4.80. The van der Waals surface area contributed by atoms with Crippen molar-refractivity contribution in [3.05, 3.63) is 58.1 Å². The smallest absolute Gasteiger partial charge is 0.123 e. The number of nitrogens with one attached hydrogen (secondary N) is 1. The summed E-state index contributed by atoms with van der Waals surface area (Å²) in [4.78, 5) is 0. The van der Waals surface area contributed by atoms with Gasteiger partial charge in [-0.25, -0.2) is 0 Å². The van der Waals surface area contributed by atoms with E-state index in [1.54, 1.807) is 7.11 Å². The molecule has 2 aromatic rings. The third-order valence-electron chi connectivity index (χ3n) is 3.25. The number of rotatable bonds is 7. The molecule has 112 valence electrons. The third-order valence-corrected chi connectivity index (χ3v) is 4.01. The Morgan fingerprint density at radius 1 is 1.19 bits per heavy atom.